The van der Waals surface area contributed by atoms with Crippen LogP contribution in [-0.4, -0.2) is 12.6 Å². The molecule has 1 aromatic rings. The highest BCUT2D eigenvalue weighted by Crippen LogP contribution is 2.28. The Labute approximate surface area is 120 Å². The van der Waals surface area contributed by atoms with Gasteiger partial charge in [-0.2, -0.15) is 5.26 Å². The van der Waals surface area contributed by atoms with Crippen LogP contribution in [0.1, 0.15) is 25.8 Å². The largest absolute Gasteiger partial charge is 0.368 e. The smallest absolute Gasteiger partial charge is 0.0640 e. The number of hydrogen-bond acceptors (Lipinski definition) is 2. The molecule has 0 saturated heterocycles. The van der Waals surface area contributed by atoms with Crippen molar-refractivity contribution in [3.8, 4) is 6.07 Å². The van der Waals surface area contributed by atoms with Crippen LogP contribution in [0.5, 0.6) is 0 Å². The second-order valence-electron chi connectivity index (χ2n) is 4.10. The van der Waals surface area contributed by atoms with Crippen molar-refractivity contribution in [2.24, 2.45) is 0 Å². The quantitative estimate of drug-likeness (QED) is 0.725. The van der Waals surface area contributed by atoms with Gasteiger partial charge in [0.2, 0.25) is 0 Å². The summed E-state index contributed by atoms with van der Waals surface area (Å²) in [5, 5.41) is 9.54. The number of rotatable bonds is 5. The Morgan fingerprint density at radius 3 is 2.65 bits per heavy atom. The summed E-state index contributed by atoms with van der Waals surface area (Å²) in [6, 6.07) is 8.87. The molecular formula is C13H16Br2N2. The summed E-state index contributed by atoms with van der Waals surface area (Å²) in [5.74, 6) is 0. The Balaban J connectivity index is 3.05. The predicted octanol–water partition coefficient (Wildman–Crippen LogP) is 4.47. The van der Waals surface area contributed by atoms with E-state index in [4.69, 9.17) is 5.26 Å². The first-order chi connectivity index (χ1) is 8.10. The molecule has 0 aliphatic heterocycles. The lowest BCUT2D eigenvalue weighted by Crippen LogP contribution is -2.32. The number of alkyl halides is 1. The van der Waals surface area contributed by atoms with Gasteiger partial charge in [-0.3, -0.25) is 0 Å². The van der Waals surface area contributed by atoms with E-state index in [1.54, 1.807) is 0 Å². The fourth-order valence-corrected chi connectivity index (χ4v) is 2.63. The molecule has 0 atom stereocenters. The van der Waals surface area contributed by atoms with Crippen molar-refractivity contribution >= 4 is 37.5 Å². The van der Waals surface area contributed by atoms with E-state index in [-0.39, 0.29) is 0 Å². The summed E-state index contributed by atoms with van der Waals surface area (Å²) in [6.07, 6.45) is 0.552. The molecule has 0 N–H and O–H groups in total. The van der Waals surface area contributed by atoms with Gasteiger partial charge in [0.15, 0.2) is 0 Å². The second kappa shape index (κ2) is 7.03. The van der Waals surface area contributed by atoms with Gasteiger partial charge in [-0.1, -0.05) is 31.9 Å². The van der Waals surface area contributed by atoms with Crippen LogP contribution in [0.25, 0.3) is 0 Å². The monoisotopic (exact) mass is 358 g/mol. The van der Waals surface area contributed by atoms with Crippen molar-refractivity contribution in [2.75, 3.05) is 11.4 Å². The molecular weight excluding hydrogens is 344 g/mol. The lowest BCUT2D eigenvalue weighted by atomic mass is 10.1. The lowest BCUT2D eigenvalue weighted by molar-refractivity contribution is 0.684. The SMILES string of the molecule is CC(C)N(CCC#N)c1ccc(Br)cc1CBr. The number of halogens is 2. The topological polar surface area (TPSA) is 27.0 Å². The molecule has 0 aliphatic carbocycles. The maximum atomic E-state index is 8.72. The third-order valence-corrected chi connectivity index (χ3v) is 3.68. The van der Waals surface area contributed by atoms with E-state index in [1.807, 2.05) is 6.07 Å². The number of nitriles is 1. The van der Waals surface area contributed by atoms with Gasteiger partial charge in [0.25, 0.3) is 0 Å². The zero-order chi connectivity index (χ0) is 12.8. The molecule has 0 heterocycles. The van der Waals surface area contributed by atoms with Gasteiger partial charge < -0.3 is 4.90 Å². The van der Waals surface area contributed by atoms with E-state index in [1.165, 1.54) is 11.3 Å². The van der Waals surface area contributed by atoms with Crippen LogP contribution in [0.3, 0.4) is 0 Å². The van der Waals surface area contributed by atoms with Crippen LogP contribution in [0.15, 0.2) is 22.7 Å². The molecule has 0 amide bonds. The van der Waals surface area contributed by atoms with Gasteiger partial charge in [0.05, 0.1) is 12.5 Å². The number of nitrogens with zero attached hydrogens (tertiary/aromatic N) is 2. The Bertz CT molecular complexity index is 410. The van der Waals surface area contributed by atoms with Crippen LogP contribution in [-0.2, 0) is 5.33 Å². The van der Waals surface area contributed by atoms with Crippen molar-refractivity contribution in [2.45, 2.75) is 31.6 Å². The van der Waals surface area contributed by atoms with E-state index >= 15 is 0 Å². The average molecular weight is 360 g/mol. The van der Waals surface area contributed by atoms with Crippen molar-refractivity contribution in [1.29, 1.82) is 5.26 Å². The minimum absolute atomic E-state index is 0.391. The van der Waals surface area contributed by atoms with Crippen LogP contribution in [0, 0.1) is 11.3 Å². The molecule has 0 bridgehead atoms. The van der Waals surface area contributed by atoms with Gasteiger partial charge >= 0.3 is 0 Å². The van der Waals surface area contributed by atoms with Crippen LogP contribution in [0.4, 0.5) is 5.69 Å². The molecule has 0 unspecified atom stereocenters. The van der Waals surface area contributed by atoms with Crippen LogP contribution in [0.2, 0.25) is 0 Å². The first-order valence-electron chi connectivity index (χ1n) is 5.58. The number of hydrogen-bond donors (Lipinski definition) is 0. The minimum Gasteiger partial charge on any atom is -0.368 e. The fourth-order valence-electron chi connectivity index (χ4n) is 1.77. The van der Waals surface area contributed by atoms with E-state index in [2.05, 4.69) is 68.8 Å². The van der Waals surface area contributed by atoms with E-state index in [0.29, 0.717) is 12.5 Å². The van der Waals surface area contributed by atoms with E-state index in [0.717, 1.165) is 16.3 Å². The zero-order valence-corrected chi connectivity index (χ0v) is 13.3. The first kappa shape index (κ1) is 14.5. The molecule has 0 aliphatic rings. The molecule has 0 aromatic heterocycles. The first-order valence-corrected chi connectivity index (χ1v) is 7.49. The summed E-state index contributed by atoms with van der Waals surface area (Å²) in [6.45, 7) is 5.07. The van der Waals surface area contributed by atoms with Crippen molar-refractivity contribution in [3.63, 3.8) is 0 Å². The van der Waals surface area contributed by atoms with Crippen molar-refractivity contribution in [1.82, 2.24) is 0 Å². The number of benzene rings is 1. The molecule has 0 spiro atoms. The molecule has 1 aromatic carbocycles. The minimum atomic E-state index is 0.391. The second-order valence-corrected chi connectivity index (χ2v) is 5.58. The average Bonchev–Trinajstić information content (AvgIpc) is 2.30. The van der Waals surface area contributed by atoms with Crippen molar-refractivity contribution < 1.29 is 0 Å². The Kier molecular flexibility index (Phi) is 6.01. The van der Waals surface area contributed by atoms with Crippen molar-refractivity contribution in [3.05, 3.63) is 28.2 Å². The predicted molar refractivity (Wildman–Crippen MR) is 79.5 cm³/mol. The third-order valence-electron chi connectivity index (χ3n) is 2.58. The van der Waals surface area contributed by atoms with E-state index in [9.17, 15) is 0 Å². The molecule has 2 nitrogen and oxygen atoms in total. The molecule has 92 valence electrons. The summed E-state index contributed by atoms with van der Waals surface area (Å²) >= 11 is 7.00. The van der Waals surface area contributed by atoms with Crippen LogP contribution < -0.4 is 4.90 Å². The number of anilines is 1. The van der Waals surface area contributed by atoms with Gasteiger partial charge in [-0.25, -0.2) is 0 Å². The molecule has 0 radical (unpaired) electrons. The molecule has 17 heavy (non-hydrogen) atoms. The van der Waals surface area contributed by atoms with Gasteiger partial charge in [-0.15, -0.1) is 0 Å². The Morgan fingerprint density at radius 1 is 1.41 bits per heavy atom. The highest BCUT2D eigenvalue weighted by Gasteiger charge is 2.13. The maximum Gasteiger partial charge on any atom is 0.0640 e. The highest BCUT2D eigenvalue weighted by molar-refractivity contribution is 9.10. The van der Waals surface area contributed by atoms with Gasteiger partial charge in [0, 0.05) is 28.1 Å². The van der Waals surface area contributed by atoms with E-state index < -0.39 is 0 Å². The summed E-state index contributed by atoms with van der Waals surface area (Å²) in [5.41, 5.74) is 2.45. The summed E-state index contributed by atoms with van der Waals surface area (Å²) < 4.78 is 1.08. The normalized spacial score (nSPS) is 10.4. The molecule has 4 heteroatoms. The lowest BCUT2D eigenvalue weighted by Gasteiger charge is -2.30. The summed E-state index contributed by atoms with van der Waals surface area (Å²) in [4.78, 5) is 2.27. The molecule has 0 saturated carbocycles. The Hall–Kier alpha value is -0.530. The summed E-state index contributed by atoms with van der Waals surface area (Å²) in [7, 11) is 0. The maximum absolute atomic E-state index is 8.72. The Morgan fingerprint density at radius 2 is 2.12 bits per heavy atom. The molecule has 0 fully saturated rings. The standard InChI is InChI=1S/C13H16Br2N2/c1-10(2)17(7-3-6-16)13-5-4-12(15)8-11(13)9-14/h4-5,8,10H,3,7,9H2,1-2H3. The zero-order valence-electron chi connectivity index (χ0n) is 10.1. The third kappa shape index (κ3) is 4.01. The van der Waals surface area contributed by atoms with Gasteiger partial charge in [0.1, 0.15) is 0 Å². The van der Waals surface area contributed by atoms with Crippen LogP contribution >= 0.6 is 31.9 Å². The molecule has 1 rings (SSSR count). The fraction of sp³-hybridized carbons (Fsp3) is 0.462. The van der Waals surface area contributed by atoms with Gasteiger partial charge in [-0.05, 0) is 37.6 Å². The highest BCUT2D eigenvalue weighted by atomic mass is 79.9.